The molecule has 24 heavy (non-hydrogen) atoms. The van der Waals surface area contributed by atoms with Gasteiger partial charge in [0, 0.05) is 0 Å². The molecule has 130 valence electrons. The Balaban J connectivity index is 1.55. The van der Waals surface area contributed by atoms with E-state index >= 15 is 0 Å². The van der Waals surface area contributed by atoms with Crippen LogP contribution in [-0.4, -0.2) is 44.4 Å². The zero-order chi connectivity index (χ0) is 16.9. The van der Waals surface area contributed by atoms with E-state index in [9.17, 15) is 0 Å². The second kappa shape index (κ2) is 7.91. The molecule has 6 heteroatoms. The Bertz CT molecular complexity index is 830. The fourth-order valence-electron chi connectivity index (χ4n) is 2.63. The number of rotatable bonds is 7. The van der Waals surface area contributed by atoms with Crippen LogP contribution in [-0.2, 0) is 32.3 Å². The third-order valence-electron chi connectivity index (χ3n) is 4.06. The van der Waals surface area contributed by atoms with Crippen LogP contribution in [0.15, 0.2) is 48.8 Å². The minimum atomic E-state index is 0.980. The van der Waals surface area contributed by atoms with Crippen molar-refractivity contribution in [3.63, 3.8) is 0 Å². The van der Waals surface area contributed by atoms with E-state index in [1.54, 1.807) is 0 Å². The summed E-state index contributed by atoms with van der Waals surface area (Å²) in [6.07, 6.45) is 5.26. The summed E-state index contributed by atoms with van der Waals surface area (Å²) in [6.45, 7) is 5.05. The third kappa shape index (κ3) is 4.22. The summed E-state index contributed by atoms with van der Waals surface area (Å²) < 4.78 is 5.73. The van der Waals surface area contributed by atoms with Crippen LogP contribution in [0.25, 0.3) is 5.69 Å². The van der Waals surface area contributed by atoms with Gasteiger partial charge in [-0.2, -0.15) is 0 Å². The second-order valence-electron chi connectivity index (χ2n) is 6.03. The summed E-state index contributed by atoms with van der Waals surface area (Å²) in [6, 6.07) is 12.6. The molecule has 5 nitrogen and oxygen atoms in total. The second-order valence-corrected chi connectivity index (χ2v) is 7.05. The zero-order valence-corrected chi connectivity index (χ0v) is 16.3. The van der Waals surface area contributed by atoms with Gasteiger partial charge in [0.2, 0.25) is 0 Å². The number of hydrogen-bond donors (Lipinski definition) is 1. The predicted octanol–water partition coefficient (Wildman–Crippen LogP) is 2.56. The van der Waals surface area contributed by atoms with Gasteiger partial charge in [-0.1, -0.05) is 0 Å². The van der Waals surface area contributed by atoms with E-state index in [2.05, 4.69) is 93.4 Å². The molecule has 0 aliphatic carbocycles. The van der Waals surface area contributed by atoms with Crippen LogP contribution in [0.3, 0.4) is 0 Å². The first-order chi connectivity index (χ1) is 11.6. The standard InChI is InChI=1S/C18H23N5.Pt/c1-16-14-17(20-19-16)8-9-21(2)10-11-22-12-13-23(15-22)18-6-4-3-5-7-18;/h3-7,12-14H,8-11H2,1-2H3,(H,19,20);. The molecule has 0 bridgehead atoms. The molecule has 0 fully saturated rings. The van der Waals surface area contributed by atoms with Crippen LogP contribution in [0.5, 0.6) is 0 Å². The number of aryl methyl sites for hydroxylation is 1. The Morgan fingerprint density at radius 2 is 1.96 bits per heavy atom. The quantitative estimate of drug-likeness (QED) is 0.538. The SMILES string of the molecule is Cc1cc(CCN(C)CCn2ccn(-c3ccccc3)[c]2=[Pt])n[nH]1. The van der Waals surface area contributed by atoms with E-state index < -0.39 is 0 Å². The summed E-state index contributed by atoms with van der Waals surface area (Å²) in [4.78, 5) is 2.35. The monoisotopic (exact) mass is 504 g/mol. The minimum absolute atomic E-state index is 0.980. The molecule has 3 rings (SSSR count). The zero-order valence-electron chi connectivity index (χ0n) is 14.1. The third-order valence-corrected chi connectivity index (χ3v) is 5.26. The van der Waals surface area contributed by atoms with Gasteiger partial charge in [0.1, 0.15) is 0 Å². The predicted molar refractivity (Wildman–Crippen MR) is 91.5 cm³/mol. The van der Waals surface area contributed by atoms with Crippen molar-refractivity contribution < 1.29 is 19.4 Å². The van der Waals surface area contributed by atoms with Gasteiger partial charge in [-0.3, -0.25) is 0 Å². The van der Waals surface area contributed by atoms with Gasteiger partial charge >= 0.3 is 153 Å². The van der Waals surface area contributed by atoms with E-state index in [-0.39, 0.29) is 0 Å². The Morgan fingerprint density at radius 1 is 1.17 bits per heavy atom. The molecule has 0 unspecified atom stereocenters. The molecule has 1 N–H and O–H groups in total. The van der Waals surface area contributed by atoms with Crippen LogP contribution in [0.4, 0.5) is 0 Å². The average molecular weight is 504 g/mol. The molecule has 2 heterocycles. The Morgan fingerprint density at radius 3 is 2.67 bits per heavy atom. The number of H-pyrrole nitrogens is 1. The topological polar surface area (TPSA) is 41.8 Å². The molecule has 0 amide bonds. The molecule has 0 atom stereocenters. The van der Waals surface area contributed by atoms with Gasteiger partial charge in [-0.05, 0) is 0 Å². The van der Waals surface area contributed by atoms with Crippen LogP contribution in [0.2, 0.25) is 0 Å². The average Bonchev–Trinajstić information content (AvgIpc) is 3.17. The van der Waals surface area contributed by atoms with E-state index in [1.165, 1.54) is 9.49 Å². The van der Waals surface area contributed by atoms with Gasteiger partial charge < -0.3 is 0 Å². The number of para-hydroxylation sites is 1. The molecule has 0 aliphatic heterocycles. The first-order valence-corrected chi connectivity index (χ1v) is 9.25. The Labute approximate surface area is 153 Å². The number of nitrogens with one attached hydrogen (secondary N) is 1. The number of aromatic amines is 1. The fraction of sp³-hybridized carbons (Fsp3) is 0.333. The fourth-order valence-corrected chi connectivity index (χ4v) is 3.52. The van der Waals surface area contributed by atoms with Crippen molar-refractivity contribution in [1.82, 2.24) is 24.2 Å². The molecule has 0 saturated heterocycles. The first-order valence-electron chi connectivity index (χ1n) is 8.11. The molecule has 0 radical (unpaired) electrons. The molecule has 1 aromatic carbocycles. The van der Waals surface area contributed by atoms with Crippen molar-refractivity contribution in [3.8, 4) is 5.69 Å². The van der Waals surface area contributed by atoms with Gasteiger partial charge in [-0.25, -0.2) is 0 Å². The van der Waals surface area contributed by atoms with Crippen LogP contribution >= 0.6 is 0 Å². The maximum atomic E-state index is 4.30. The molecular formula is C18H23N5Pt. The number of imidazole rings is 1. The van der Waals surface area contributed by atoms with Crippen molar-refractivity contribution in [2.75, 3.05) is 20.1 Å². The summed E-state index contributed by atoms with van der Waals surface area (Å²) in [7, 11) is 2.17. The van der Waals surface area contributed by atoms with Crippen LogP contribution in [0.1, 0.15) is 11.4 Å². The summed E-state index contributed by atoms with van der Waals surface area (Å²) in [5, 5.41) is 7.30. The van der Waals surface area contributed by atoms with E-state index in [4.69, 9.17) is 0 Å². The van der Waals surface area contributed by atoms with E-state index in [0.29, 0.717) is 0 Å². The molecule has 0 spiro atoms. The van der Waals surface area contributed by atoms with Gasteiger partial charge in [0.25, 0.3) is 0 Å². The van der Waals surface area contributed by atoms with Crippen molar-refractivity contribution in [2.45, 2.75) is 19.9 Å². The number of nitrogens with zero attached hydrogens (tertiary/aromatic N) is 4. The van der Waals surface area contributed by atoms with Gasteiger partial charge in [-0.15, -0.1) is 0 Å². The van der Waals surface area contributed by atoms with E-state index in [0.717, 1.165) is 37.4 Å². The van der Waals surface area contributed by atoms with Crippen LogP contribution < -0.4 is 0 Å². The maximum absolute atomic E-state index is 4.30. The molecule has 2 aromatic heterocycles. The summed E-state index contributed by atoms with van der Waals surface area (Å²) >= 11 is 2.39. The van der Waals surface area contributed by atoms with E-state index in [1.807, 2.05) is 13.0 Å². The number of likely N-dealkylation sites (N-methyl/N-ethyl adjacent to an activating group) is 1. The molecule has 3 aromatic rings. The normalized spacial score (nSPS) is 11.4. The summed E-state index contributed by atoms with van der Waals surface area (Å²) in [5.41, 5.74) is 3.46. The Kier molecular flexibility index (Phi) is 5.64. The molecule has 0 aliphatic rings. The molecular weight excluding hydrogens is 481 g/mol. The van der Waals surface area contributed by atoms with Crippen LogP contribution in [0, 0.1) is 10.7 Å². The Hall–Kier alpha value is -1.71. The summed E-state index contributed by atoms with van der Waals surface area (Å²) in [5.74, 6) is 0. The number of hydrogen-bond acceptors (Lipinski definition) is 2. The first kappa shape index (κ1) is 17.1. The van der Waals surface area contributed by atoms with Crippen molar-refractivity contribution in [2.24, 2.45) is 0 Å². The van der Waals surface area contributed by atoms with Gasteiger partial charge in [0.15, 0.2) is 0 Å². The van der Waals surface area contributed by atoms with Crippen molar-refractivity contribution in [3.05, 3.63) is 64.0 Å². The number of benzene rings is 1. The number of aromatic nitrogens is 4. The van der Waals surface area contributed by atoms with Crippen molar-refractivity contribution >= 4 is 0 Å². The van der Waals surface area contributed by atoms with Gasteiger partial charge in [0.05, 0.1) is 0 Å². The van der Waals surface area contributed by atoms with Crippen molar-refractivity contribution in [1.29, 1.82) is 0 Å². The molecule has 0 saturated carbocycles.